The van der Waals surface area contributed by atoms with Gasteiger partial charge in [0.25, 0.3) is 5.91 Å². The number of carbonyl (C=O) groups is 1. The number of hydrogen-bond donors (Lipinski definition) is 1. The third-order valence-corrected chi connectivity index (χ3v) is 5.74. The zero-order valence-corrected chi connectivity index (χ0v) is 16.5. The molecule has 1 aliphatic rings. The van der Waals surface area contributed by atoms with Crippen molar-refractivity contribution in [3.05, 3.63) is 77.4 Å². The van der Waals surface area contributed by atoms with Gasteiger partial charge in [-0.25, -0.2) is 9.07 Å². The van der Waals surface area contributed by atoms with Crippen molar-refractivity contribution in [3.8, 4) is 5.69 Å². The second-order valence-electron chi connectivity index (χ2n) is 7.71. The van der Waals surface area contributed by atoms with Crippen molar-refractivity contribution in [1.82, 2.24) is 20.3 Å². The summed E-state index contributed by atoms with van der Waals surface area (Å²) in [6.07, 6.45) is -1.28. The summed E-state index contributed by atoms with van der Waals surface area (Å²) in [6.45, 7) is 0.194. The van der Waals surface area contributed by atoms with Gasteiger partial charge in [0.2, 0.25) is 0 Å². The maximum absolute atomic E-state index is 13.8. The normalized spacial score (nSPS) is 15.7. The molecule has 0 atom stereocenters. The Hall–Kier alpha value is -3.23. The van der Waals surface area contributed by atoms with Crippen molar-refractivity contribution in [1.29, 1.82) is 0 Å². The molecule has 1 N–H and O–H groups in total. The first-order valence-electron chi connectivity index (χ1n) is 9.93. The summed E-state index contributed by atoms with van der Waals surface area (Å²) in [5.41, 5.74) is -1.62. The molecule has 1 aliphatic carbocycles. The van der Waals surface area contributed by atoms with Crippen LogP contribution in [0, 0.1) is 5.82 Å². The third kappa shape index (κ3) is 4.17. The molecular formula is C22H20F4N4O. The number of benzene rings is 2. The quantitative estimate of drug-likeness (QED) is 0.597. The van der Waals surface area contributed by atoms with Gasteiger partial charge in [0, 0.05) is 12.0 Å². The smallest absolute Gasteiger partial charge is 0.350 e. The van der Waals surface area contributed by atoms with Crippen LogP contribution >= 0.6 is 0 Å². The Morgan fingerprint density at radius 1 is 1.06 bits per heavy atom. The molecule has 1 heterocycles. The molecule has 1 aromatic heterocycles. The van der Waals surface area contributed by atoms with E-state index >= 15 is 0 Å². The topological polar surface area (TPSA) is 59.8 Å². The highest BCUT2D eigenvalue weighted by molar-refractivity contribution is 5.93. The summed E-state index contributed by atoms with van der Waals surface area (Å²) in [5, 5.41) is 9.62. The lowest BCUT2D eigenvalue weighted by Crippen LogP contribution is -2.39. The Morgan fingerprint density at radius 3 is 2.42 bits per heavy atom. The molecule has 4 rings (SSSR count). The highest BCUT2D eigenvalue weighted by Crippen LogP contribution is 2.40. The van der Waals surface area contributed by atoms with Crippen LogP contribution in [-0.2, 0) is 11.6 Å². The highest BCUT2D eigenvalue weighted by atomic mass is 19.4. The van der Waals surface area contributed by atoms with Crippen LogP contribution in [0.3, 0.4) is 0 Å². The predicted octanol–water partition coefficient (Wildman–Crippen LogP) is 4.67. The van der Waals surface area contributed by atoms with Gasteiger partial charge in [0.15, 0.2) is 11.4 Å². The zero-order valence-electron chi connectivity index (χ0n) is 16.5. The number of nitrogens with one attached hydrogen (secondary N) is 1. The Morgan fingerprint density at radius 2 is 1.77 bits per heavy atom. The van der Waals surface area contributed by atoms with Crippen molar-refractivity contribution in [2.75, 3.05) is 6.54 Å². The molecule has 0 aliphatic heterocycles. The SMILES string of the molecule is O=C(NCC1(c2ccccc2)CCCC1)c1nnn(-c2cccc(F)c2)c1C(F)(F)F. The average Bonchev–Trinajstić information content (AvgIpc) is 3.41. The molecule has 9 heteroatoms. The number of halogens is 4. The number of carbonyl (C=O) groups excluding carboxylic acids is 1. The van der Waals surface area contributed by atoms with Crippen molar-refractivity contribution in [2.24, 2.45) is 0 Å². The van der Waals surface area contributed by atoms with E-state index in [4.69, 9.17) is 0 Å². The second-order valence-corrected chi connectivity index (χ2v) is 7.71. The standard InChI is InChI=1S/C22H20F4N4O/c23-16-9-6-10-17(13-16)30-19(22(24,25)26)18(28-29-30)20(31)27-14-21(11-4-5-12-21)15-7-2-1-3-8-15/h1-3,6-10,13H,4-5,11-12,14H2,(H,27,31). The van der Waals surface area contributed by atoms with E-state index in [0.29, 0.717) is 4.68 Å². The average molecular weight is 432 g/mol. The summed E-state index contributed by atoms with van der Waals surface area (Å²) in [4.78, 5) is 12.8. The number of rotatable bonds is 5. The summed E-state index contributed by atoms with van der Waals surface area (Å²) in [5.74, 6) is -1.68. The van der Waals surface area contributed by atoms with Gasteiger partial charge in [0.05, 0.1) is 5.69 Å². The van der Waals surface area contributed by atoms with Crippen molar-refractivity contribution in [2.45, 2.75) is 37.3 Å². The van der Waals surface area contributed by atoms with Gasteiger partial charge in [-0.05, 0) is 36.6 Å². The molecule has 0 radical (unpaired) electrons. The number of amides is 1. The second kappa shape index (κ2) is 8.13. The minimum atomic E-state index is -4.91. The molecule has 3 aromatic rings. The van der Waals surface area contributed by atoms with Crippen molar-refractivity contribution < 1.29 is 22.4 Å². The van der Waals surface area contributed by atoms with Gasteiger partial charge in [-0.1, -0.05) is 54.5 Å². The summed E-state index contributed by atoms with van der Waals surface area (Å²) < 4.78 is 55.4. The largest absolute Gasteiger partial charge is 0.435 e. The first kappa shape index (κ1) is 21.0. The van der Waals surface area contributed by atoms with Gasteiger partial charge in [0.1, 0.15) is 5.82 Å². The fraction of sp³-hybridized carbons (Fsp3) is 0.318. The fourth-order valence-corrected chi connectivity index (χ4v) is 4.22. The van der Waals surface area contributed by atoms with E-state index in [1.807, 2.05) is 30.3 Å². The van der Waals surface area contributed by atoms with Crippen LogP contribution in [0.25, 0.3) is 5.69 Å². The maximum Gasteiger partial charge on any atom is 0.435 e. The minimum Gasteiger partial charge on any atom is -0.350 e. The highest BCUT2D eigenvalue weighted by Gasteiger charge is 2.43. The molecule has 0 unspecified atom stereocenters. The van der Waals surface area contributed by atoms with Gasteiger partial charge < -0.3 is 5.32 Å². The van der Waals surface area contributed by atoms with Gasteiger partial charge in [-0.3, -0.25) is 4.79 Å². The molecule has 1 fully saturated rings. The Balaban J connectivity index is 1.63. The van der Waals surface area contributed by atoms with Gasteiger partial charge in [-0.2, -0.15) is 13.2 Å². The van der Waals surface area contributed by atoms with Crippen LogP contribution < -0.4 is 5.32 Å². The van der Waals surface area contributed by atoms with E-state index in [2.05, 4.69) is 15.6 Å². The van der Waals surface area contributed by atoms with E-state index in [0.717, 1.165) is 43.4 Å². The van der Waals surface area contributed by atoms with E-state index in [1.165, 1.54) is 12.1 Å². The minimum absolute atomic E-state index is 0.171. The van der Waals surface area contributed by atoms with Crippen LogP contribution in [0.4, 0.5) is 17.6 Å². The van der Waals surface area contributed by atoms with E-state index < -0.39 is 29.3 Å². The molecular weight excluding hydrogens is 412 g/mol. The van der Waals surface area contributed by atoms with Crippen LogP contribution in [-0.4, -0.2) is 27.4 Å². The van der Waals surface area contributed by atoms with E-state index in [-0.39, 0.29) is 17.6 Å². The molecule has 0 saturated heterocycles. The Bertz CT molecular complexity index is 1070. The molecule has 162 valence electrons. The van der Waals surface area contributed by atoms with E-state index in [9.17, 15) is 22.4 Å². The number of nitrogens with zero attached hydrogens (tertiary/aromatic N) is 3. The summed E-state index contributed by atoms with van der Waals surface area (Å²) in [7, 11) is 0. The zero-order chi connectivity index (χ0) is 22.1. The van der Waals surface area contributed by atoms with Gasteiger partial charge >= 0.3 is 6.18 Å². The number of hydrogen-bond acceptors (Lipinski definition) is 3. The first-order chi connectivity index (χ1) is 14.8. The monoisotopic (exact) mass is 432 g/mol. The summed E-state index contributed by atoms with van der Waals surface area (Å²) in [6, 6.07) is 14.2. The molecule has 0 spiro atoms. The summed E-state index contributed by atoms with van der Waals surface area (Å²) >= 11 is 0. The first-order valence-corrected chi connectivity index (χ1v) is 9.93. The molecule has 1 saturated carbocycles. The lowest BCUT2D eigenvalue weighted by Gasteiger charge is -2.30. The van der Waals surface area contributed by atoms with Gasteiger partial charge in [-0.15, -0.1) is 5.10 Å². The van der Waals surface area contributed by atoms with Crippen LogP contribution in [0.2, 0.25) is 0 Å². The molecule has 1 amide bonds. The molecule has 2 aromatic carbocycles. The molecule has 5 nitrogen and oxygen atoms in total. The number of alkyl halides is 3. The lowest BCUT2D eigenvalue weighted by molar-refractivity contribution is -0.143. The fourth-order valence-electron chi connectivity index (χ4n) is 4.22. The maximum atomic E-state index is 13.8. The number of aromatic nitrogens is 3. The third-order valence-electron chi connectivity index (χ3n) is 5.74. The Labute approximate surface area is 176 Å². The van der Waals surface area contributed by atoms with Crippen molar-refractivity contribution >= 4 is 5.91 Å². The predicted molar refractivity (Wildman–Crippen MR) is 105 cm³/mol. The Kier molecular flexibility index (Phi) is 5.51. The van der Waals surface area contributed by atoms with Crippen LogP contribution in [0.1, 0.15) is 47.4 Å². The van der Waals surface area contributed by atoms with Crippen molar-refractivity contribution in [3.63, 3.8) is 0 Å². The van der Waals surface area contributed by atoms with Crippen LogP contribution in [0.5, 0.6) is 0 Å². The molecule has 0 bridgehead atoms. The lowest BCUT2D eigenvalue weighted by atomic mass is 9.79. The van der Waals surface area contributed by atoms with E-state index in [1.54, 1.807) is 0 Å². The molecule has 31 heavy (non-hydrogen) atoms. The van der Waals surface area contributed by atoms with Crippen LogP contribution in [0.15, 0.2) is 54.6 Å².